The van der Waals surface area contributed by atoms with E-state index in [2.05, 4.69) is 0 Å². The Bertz CT molecular complexity index is 937. The maximum atomic E-state index is 12.2. The smallest absolute Gasteiger partial charge is 0.349 e. The molecule has 0 atom stereocenters. The zero-order valence-corrected chi connectivity index (χ0v) is 16.6. The number of halogens is 1. The summed E-state index contributed by atoms with van der Waals surface area (Å²) in [5.41, 5.74) is 0.671. The molecule has 1 aromatic carbocycles. The molecule has 0 saturated heterocycles. The Kier molecular flexibility index (Phi) is 7.42. The van der Waals surface area contributed by atoms with E-state index in [0.717, 1.165) is 0 Å². The van der Waals surface area contributed by atoms with Crippen LogP contribution in [0.25, 0.3) is 17.4 Å². The maximum absolute atomic E-state index is 12.2. The lowest BCUT2D eigenvalue weighted by atomic mass is 10.1. The van der Waals surface area contributed by atoms with Crippen molar-refractivity contribution in [3.05, 3.63) is 52.3 Å². The minimum Gasteiger partial charge on any atom is -0.462 e. The van der Waals surface area contributed by atoms with Gasteiger partial charge in [-0.25, -0.2) is 9.59 Å². The average molecular weight is 402 g/mol. The van der Waals surface area contributed by atoms with Crippen molar-refractivity contribution in [3.8, 4) is 17.4 Å². The monoisotopic (exact) mass is 401 g/mol. The van der Waals surface area contributed by atoms with E-state index < -0.39 is 11.9 Å². The second kappa shape index (κ2) is 9.77. The Morgan fingerprint density at radius 1 is 1.25 bits per heavy atom. The Labute approximate surface area is 168 Å². The van der Waals surface area contributed by atoms with Gasteiger partial charge in [-0.1, -0.05) is 25.4 Å². The first-order valence-corrected chi connectivity index (χ1v) is 9.09. The Hall–Kier alpha value is -3.04. The fraction of sp³-hybridized carbons (Fsp3) is 0.286. The summed E-state index contributed by atoms with van der Waals surface area (Å²) >= 11 is 6.12. The van der Waals surface area contributed by atoms with Gasteiger partial charge in [-0.2, -0.15) is 5.26 Å². The molecule has 0 aliphatic rings. The van der Waals surface area contributed by atoms with Gasteiger partial charge in [-0.3, -0.25) is 0 Å². The second-order valence-corrected chi connectivity index (χ2v) is 6.69. The molecule has 1 aromatic heterocycles. The van der Waals surface area contributed by atoms with E-state index in [9.17, 15) is 9.59 Å². The molecule has 2 rings (SSSR count). The van der Waals surface area contributed by atoms with Crippen LogP contribution >= 0.6 is 11.6 Å². The van der Waals surface area contributed by atoms with Crippen LogP contribution in [-0.2, 0) is 14.3 Å². The molecule has 0 saturated carbocycles. The molecule has 1 heterocycles. The van der Waals surface area contributed by atoms with Crippen LogP contribution in [0.3, 0.4) is 0 Å². The largest absolute Gasteiger partial charge is 0.462 e. The molecule has 146 valence electrons. The molecule has 6 nitrogen and oxygen atoms in total. The summed E-state index contributed by atoms with van der Waals surface area (Å²) < 4.78 is 15.7. The molecule has 0 radical (unpaired) electrons. The minimum atomic E-state index is -0.718. The first-order chi connectivity index (χ1) is 13.3. The highest BCUT2D eigenvalue weighted by atomic mass is 35.5. The lowest BCUT2D eigenvalue weighted by molar-refractivity contribution is -0.137. The molecule has 7 heteroatoms. The van der Waals surface area contributed by atoms with E-state index in [4.69, 9.17) is 30.8 Å². The average Bonchev–Trinajstić information content (AvgIpc) is 3.13. The van der Waals surface area contributed by atoms with Crippen LogP contribution in [0.5, 0.6) is 0 Å². The molecule has 2 aromatic rings. The van der Waals surface area contributed by atoms with Gasteiger partial charge in [0.15, 0.2) is 0 Å². The summed E-state index contributed by atoms with van der Waals surface area (Å²) in [5.74, 6) is -0.273. The standard InChI is InChI=1S/C21H20ClNO5/c1-4-26-20(24)15(11-23)9-16-6-8-19(28-16)14-5-7-18(22)17(10-14)21(25)27-12-13(2)3/h5-10,13H,4,12H2,1-3H3/b15-9+. The quantitative estimate of drug-likeness (QED) is 0.373. The number of nitrogens with zero attached hydrogens (tertiary/aromatic N) is 1. The summed E-state index contributed by atoms with van der Waals surface area (Å²) in [7, 11) is 0. The van der Waals surface area contributed by atoms with Gasteiger partial charge in [-0.05, 0) is 43.2 Å². The normalized spacial score (nSPS) is 11.2. The molecule has 0 N–H and O–H groups in total. The number of hydrogen-bond acceptors (Lipinski definition) is 6. The number of esters is 2. The molecule has 0 spiro atoms. The Morgan fingerprint density at radius 2 is 2.00 bits per heavy atom. The first-order valence-electron chi connectivity index (χ1n) is 8.71. The molecule has 0 aliphatic carbocycles. The van der Waals surface area contributed by atoms with Crippen molar-refractivity contribution in [1.82, 2.24) is 0 Å². The molecular weight excluding hydrogens is 382 g/mol. The molecule has 0 fully saturated rings. The van der Waals surface area contributed by atoms with Crippen molar-refractivity contribution in [2.24, 2.45) is 5.92 Å². The van der Waals surface area contributed by atoms with E-state index in [1.54, 1.807) is 43.3 Å². The Balaban J connectivity index is 2.28. The maximum Gasteiger partial charge on any atom is 0.349 e. The third kappa shape index (κ3) is 5.48. The van der Waals surface area contributed by atoms with Crippen molar-refractivity contribution < 1.29 is 23.5 Å². The van der Waals surface area contributed by atoms with Crippen molar-refractivity contribution in [3.63, 3.8) is 0 Å². The summed E-state index contributed by atoms with van der Waals surface area (Å²) in [6.07, 6.45) is 1.30. The van der Waals surface area contributed by atoms with E-state index >= 15 is 0 Å². The number of carbonyl (C=O) groups excluding carboxylic acids is 2. The molecule has 0 bridgehead atoms. The third-order valence-electron chi connectivity index (χ3n) is 3.55. The first kappa shape index (κ1) is 21.3. The third-order valence-corrected chi connectivity index (χ3v) is 3.88. The number of furan rings is 1. The van der Waals surface area contributed by atoms with Gasteiger partial charge in [0.25, 0.3) is 0 Å². The van der Waals surface area contributed by atoms with Gasteiger partial charge >= 0.3 is 11.9 Å². The highest BCUT2D eigenvalue weighted by Gasteiger charge is 2.16. The molecular formula is C21H20ClNO5. The van der Waals surface area contributed by atoms with Crippen molar-refractivity contribution in [2.45, 2.75) is 20.8 Å². The van der Waals surface area contributed by atoms with Crippen molar-refractivity contribution >= 4 is 29.6 Å². The lowest BCUT2D eigenvalue weighted by Gasteiger charge is -2.09. The van der Waals surface area contributed by atoms with Crippen LogP contribution in [0.1, 0.15) is 36.9 Å². The molecule has 28 heavy (non-hydrogen) atoms. The molecule has 0 amide bonds. The van der Waals surface area contributed by atoms with Gasteiger partial charge in [0.1, 0.15) is 23.2 Å². The number of carbonyl (C=O) groups is 2. The van der Waals surface area contributed by atoms with Crippen LogP contribution in [0, 0.1) is 17.2 Å². The minimum absolute atomic E-state index is 0.168. The van der Waals surface area contributed by atoms with Crippen LogP contribution in [0.15, 0.2) is 40.3 Å². The highest BCUT2D eigenvalue weighted by Crippen LogP contribution is 2.28. The Morgan fingerprint density at radius 3 is 2.64 bits per heavy atom. The van der Waals surface area contributed by atoms with E-state index in [0.29, 0.717) is 23.7 Å². The van der Waals surface area contributed by atoms with Crippen molar-refractivity contribution in [2.75, 3.05) is 13.2 Å². The van der Waals surface area contributed by atoms with Gasteiger partial charge in [-0.15, -0.1) is 0 Å². The molecule has 0 unspecified atom stereocenters. The SMILES string of the molecule is CCOC(=O)/C(C#N)=C/c1ccc(-c2ccc(Cl)c(C(=O)OCC(C)C)c2)o1. The van der Waals surface area contributed by atoms with Gasteiger partial charge in [0.2, 0.25) is 0 Å². The summed E-state index contributed by atoms with van der Waals surface area (Å²) in [5, 5.41) is 9.38. The number of rotatable bonds is 7. The zero-order valence-electron chi connectivity index (χ0n) is 15.8. The van der Waals surface area contributed by atoms with Gasteiger partial charge in [0, 0.05) is 11.6 Å². The zero-order chi connectivity index (χ0) is 20.7. The van der Waals surface area contributed by atoms with E-state index in [-0.39, 0.29) is 28.7 Å². The van der Waals surface area contributed by atoms with Gasteiger partial charge < -0.3 is 13.9 Å². The number of benzene rings is 1. The fourth-order valence-electron chi connectivity index (χ4n) is 2.23. The fourth-order valence-corrected chi connectivity index (χ4v) is 2.42. The summed E-state index contributed by atoms with van der Waals surface area (Å²) in [6.45, 7) is 5.99. The lowest BCUT2D eigenvalue weighted by Crippen LogP contribution is -2.10. The van der Waals surface area contributed by atoms with Crippen LogP contribution < -0.4 is 0 Å². The van der Waals surface area contributed by atoms with Crippen LogP contribution in [0.4, 0.5) is 0 Å². The number of ether oxygens (including phenoxy) is 2. The van der Waals surface area contributed by atoms with E-state index in [1.807, 2.05) is 13.8 Å². The number of hydrogen-bond donors (Lipinski definition) is 0. The van der Waals surface area contributed by atoms with Gasteiger partial charge in [0.05, 0.1) is 23.8 Å². The van der Waals surface area contributed by atoms with Crippen LogP contribution in [0.2, 0.25) is 5.02 Å². The second-order valence-electron chi connectivity index (χ2n) is 6.28. The highest BCUT2D eigenvalue weighted by molar-refractivity contribution is 6.33. The summed E-state index contributed by atoms with van der Waals surface area (Å²) in [4.78, 5) is 23.9. The molecule has 0 aliphatic heterocycles. The number of nitriles is 1. The predicted molar refractivity (Wildman–Crippen MR) is 104 cm³/mol. The van der Waals surface area contributed by atoms with Crippen molar-refractivity contribution in [1.29, 1.82) is 5.26 Å². The topological polar surface area (TPSA) is 89.5 Å². The van der Waals surface area contributed by atoms with Crippen LogP contribution in [-0.4, -0.2) is 25.2 Å². The predicted octanol–water partition coefficient (Wildman–Crippen LogP) is 4.88. The summed E-state index contributed by atoms with van der Waals surface area (Å²) in [6, 6.07) is 9.92. The van der Waals surface area contributed by atoms with E-state index in [1.165, 1.54) is 6.08 Å².